The second-order valence-electron chi connectivity index (χ2n) is 5.93. The molecule has 0 spiro atoms. The fourth-order valence-electron chi connectivity index (χ4n) is 3.55. The number of hydrogen-bond acceptors (Lipinski definition) is 3. The van der Waals surface area contributed by atoms with Gasteiger partial charge in [0.1, 0.15) is 0 Å². The van der Waals surface area contributed by atoms with Gasteiger partial charge in [0, 0.05) is 25.3 Å². The first-order valence-electron chi connectivity index (χ1n) is 7.51. The maximum Gasteiger partial charge on any atom is 0.0465 e. The second kappa shape index (κ2) is 7.46. The first-order chi connectivity index (χ1) is 8.60. The minimum Gasteiger partial charge on any atom is -0.385 e. The molecule has 108 valence electrons. The molecular weight excluding hydrogens is 224 g/mol. The molecule has 0 saturated carbocycles. The van der Waals surface area contributed by atoms with Crippen molar-refractivity contribution in [3.8, 4) is 0 Å². The van der Waals surface area contributed by atoms with E-state index >= 15 is 0 Å². The van der Waals surface area contributed by atoms with Gasteiger partial charge in [-0.2, -0.15) is 0 Å². The number of ether oxygens (including phenoxy) is 1. The molecule has 0 amide bonds. The number of likely N-dealkylation sites (N-methyl/N-ethyl adjacent to an activating group) is 1. The van der Waals surface area contributed by atoms with Gasteiger partial charge >= 0.3 is 0 Å². The number of rotatable bonds is 8. The fraction of sp³-hybridized carbons (Fsp3) is 1.00. The lowest BCUT2D eigenvalue weighted by Crippen LogP contribution is -2.60. The van der Waals surface area contributed by atoms with Crippen molar-refractivity contribution in [3.05, 3.63) is 0 Å². The predicted octanol–water partition coefficient (Wildman–Crippen LogP) is 2.51. The van der Waals surface area contributed by atoms with Crippen LogP contribution in [-0.2, 0) is 4.74 Å². The summed E-state index contributed by atoms with van der Waals surface area (Å²) >= 11 is 0. The van der Waals surface area contributed by atoms with E-state index in [9.17, 15) is 0 Å². The zero-order valence-electron chi connectivity index (χ0n) is 13.0. The van der Waals surface area contributed by atoms with Gasteiger partial charge in [0.05, 0.1) is 0 Å². The van der Waals surface area contributed by atoms with E-state index in [4.69, 9.17) is 4.74 Å². The smallest absolute Gasteiger partial charge is 0.0465 e. The van der Waals surface area contributed by atoms with Gasteiger partial charge in [-0.15, -0.1) is 0 Å². The number of methoxy groups -OCH3 is 1. The molecule has 1 fully saturated rings. The first-order valence-corrected chi connectivity index (χ1v) is 7.51. The Bertz CT molecular complexity index is 229. The molecule has 3 heteroatoms. The third kappa shape index (κ3) is 3.46. The highest BCUT2D eigenvalue weighted by molar-refractivity contribution is 4.99. The maximum absolute atomic E-state index is 5.24. The summed E-state index contributed by atoms with van der Waals surface area (Å²) < 4.78 is 5.24. The second-order valence-corrected chi connectivity index (χ2v) is 5.93. The quantitative estimate of drug-likeness (QED) is 0.722. The first kappa shape index (κ1) is 15.9. The Balaban J connectivity index is 2.74. The average Bonchev–Trinajstić information content (AvgIpc) is 2.91. The SMILES string of the molecule is CCC(C)(C(NC)C(C)CCOC)N1CCCC1. The summed E-state index contributed by atoms with van der Waals surface area (Å²) in [5, 5.41) is 3.58. The van der Waals surface area contributed by atoms with Crippen LogP contribution in [0.3, 0.4) is 0 Å². The van der Waals surface area contributed by atoms with E-state index in [1.807, 2.05) is 0 Å². The van der Waals surface area contributed by atoms with Crippen molar-refractivity contribution in [3.63, 3.8) is 0 Å². The Hall–Kier alpha value is -0.120. The molecule has 0 radical (unpaired) electrons. The Morgan fingerprint density at radius 3 is 2.39 bits per heavy atom. The van der Waals surface area contributed by atoms with Crippen LogP contribution in [0, 0.1) is 5.92 Å². The van der Waals surface area contributed by atoms with Gasteiger partial charge in [-0.3, -0.25) is 4.90 Å². The molecule has 0 aromatic heterocycles. The van der Waals surface area contributed by atoms with Gasteiger partial charge in [0.15, 0.2) is 0 Å². The molecule has 1 N–H and O–H groups in total. The molecule has 0 bridgehead atoms. The van der Waals surface area contributed by atoms with Gasteiger partial charge in [-0.25, -0.2) is 0 Å². The minimum absolute atomic E-state index is 0.276. The van der Waals surface area contributed by atoms with Crippen LogP contribution < -0.4 is 5.32 Å². The molecule has 1 heterocycles. The van der Waals surface area contributed by atoms with Crippen LogP contribution in [0.2, 0.25) is 0 Å². The molecule has 0 aromatic rings. The van der Waals surface area contributed by atoms with Crippen LogP contribution in [0.5, 0.6) is 0 Å². The van der Waals surface area contributed by atoms with E-state index in [0.29, 0.717) is 12.0 Å². The van der Waals surface area contributed by atoms with Crippen LogP contribution in [0.1, 0.15) is 46.5 Å². The van der Waals surface area contributed by atoms with Crippen molar-refractivity contribution in [1.29, 1.82) is 0 Å². The van der Waals surface area contributed by atoms with Crippen molar-refractivity contribution in [2.24, 2.45) is 5.92 Å². The van der Waals surface area contributed by atoms with Gasteiger partial charge in [0.2, 0.25) is 0 Å². The van der Waals surface area contributed by atoms with Gasteiger partial charge < -0.3 is 10.1 Å². The zero-order valence-corrected chi connectivity index (χ0v) is 13.0. The molecule has 3 unspecified atom stereocenters. The highest BCUT2D eigenvalue weighted by atomic mass is 16.5. The number of hydrogen-bond donors (Lipinski definition) is 1. The molecule has 1 aliphatic rings. The van der Waals surface area contributed by atoms with E-state index in [-0.39, 0.29) is 5.54 Å². The Labute approximate surface area is 113 Å². The van der Waals surface area contributed by atoms with Crippen molar-refractivity contribution < 1.29 is 4.74 Å². The van der Waals surface area contributed by atoms with Gasteiger partial charge in [-0.1, -0.05) is 13.8 Å². The Kier molecular flexibility index (Phi) is 6.61. The molecule has 3 nitrogen and oxygen atoms in total. The maximum atomic E-state index is 5.24. The summed E-state index contributed by atoms with van der Waals surface area (Å²) in [6.45, 7) is 10.5. The lowest BCUT2D eigenvalue weighted by molar-refractivity contribution is 0.0549. The normalized spacial score (nSPS) is 23.8. The van der Waals surface area contributed by atoms with E-state index in [2.05, 4.69) is 38.0 Å². The minimum atomic E-state index is 0.276. The highest BCUT2D eigenvalue weighted by Gasteiger charge is 2.40. The third-order valence-corrected chi connectivity index (χ3v) is 4.87. The summed E-state index contributed by atoms with van der Waals surface area (Å²) in [5.41, 5.74) is 0.276. The standard InChI is InChI=1S/C15H32N2O/c1-6-15(3,17-10-7-8-11-17)14(16-4)13(2)9-12-18-5/h13-14,16H,6-12H2,1-5H3. The average molecular weight is 256 g/mol. The lowest BCUT2D eigenvalue weighted by atomic mass is 9.79. The van der Waals surface area contributed by atoms with Crippen LogP contribution in [-0.4, -0.2) is 50.3 Å². The van der Waals surface area contributed by atoms with E-state index in [1.165, 1.54) is 32.4 Å². The largest absolute Gasteiger partial charge is 0.385 e. The molecule has 3 atom stereocenters. The van der Waals surface area contributed by atoms with Crippen molar-refractivity contribution in [2.45, 2.75) is 58.0 Å². The van der Waals surface area contributed by atoms with E-state index in [0.717, 1.165) is 13.0 Å². The summed E-state index contributed by atoms with van der Waals surface area (Å²) in [6, 6.07) is 0.538. The predicted molar refractivity (Wildman–Crippen MR) is 78.0 cm³/mol. The summed E-state index contributed by atoms with van der Waals surface area (Å²) in [6.07, 6.45) is 5.05. The highest BCUT2D eigenvalue weighted by Crippen LogP contribution is 2.32. The molecule has 0 aromatic carbocycles. The van der Waals surface area contributed by atoms with Crippen LogP contribution in [0.15, 0.2) is 0 Å². The van der Waals surface area contributed by atoms with E-state index < -0.39 is 0 Å². The number of nitrogens with one attached hydrogen (secondary N) is 1. The number of likely N-dealkylation sites (tertiary alicyclic amines) is 1. The summed E-state index contributed by atoms with van der Waals surface area (Å²) in [7, 11) is 3.90. The van der Waals surface area contributed by atoms with Crippen LogP contribution in [0.4, 0.5) is 0 Å². The van der Waals surface area contributed by atoms with Gasteiger partial charge in [-0.05, 0) is 58.7 Å². The topological polar surface area (TPSA) is 24.5 Å². The molecule has 1 aliphatic heterocycles. The summed E-state index contributed by atoms with van der Waals surface area (Å²) in [5.74, 6) is 0.639. The van der Waals surface area contributed by atoms with Crippen molar-refractivity contribution in [2.75, 3.05) is 33.9 Å². The number of nitrogens with zero attached hydrogens (tertiary/aromatic N) is 1. The van der Waals surface area contributed by atoms with E-state index in [1.54, 1.807) is 7.11 Å². The molecular formula is C15H32N2O. The van der Waals surface area contributed by atoms with Gasteiger partial charge in [0.25, 0.3) is 0 Å². The van der Waals surface area contributed by atoms with Crippen LogP contribution in [0.25, 0.3) is 0 Å². The molecule has 0 aliphatic carbocycles. The summed E-state index contributed by atoms with van der Waals surface area (Å²) in [4.78, 5) is 2.69. The molecule has 1 rings (SSSR count). The van der Waals surface area contributed by atoms with Crippen LogP contribution >= 0.6 is 0 Å². The Morgan fingerprint density at radius 1 is 1.33 bits per heavy atom. The van der Waals surface area contributed by atoms with Crippen molar-refractivity contribution in [1.82, 2.24) is 10.2 Å². The van der Waals surface area contributed by atoms with Crippen molar-refractivity contribution >= 4 is 0 Å². The Morgan fingerprint density at radius 2 is 1.94 bits per heavy atom. The zero-order chi connectivity index (χ0) is 13.6. The molecule has 1 saturated heterocycles. The monoisotopic (exact) mass is 256 g/mol. The fourth-order valence-corrected chi connectivity index (χ4v) is 3.55. The lowest BCUT2D eigenvalue weighted by Gasteiger charge is -2.47. The third-order valence-electron chi connectivity index (χ3n) is 4.87. The molecule has 18 heavy (non-hydrogen) atoms.